The first-order chi connectivity index (χ1) is 8.99. The maximum Gasteiger partial charge on any atom is 0.0541 e. The summed E-state index contributed by atoms with van der Waals surface area (Å²) in [4.78, 5) is 2.43. The fraction of sp³-hybridized carbons (Fsp3) is 0.786. The van der Waals surface area contributed by atoms with E-state index in [1.165, 1.54) is 5.56 Å². The number of aliphatic hydroxyl groups excluding tert-OH is 1. The Bertz CT molecular complexity index is 394. The normalized spacial score (nSPS) is 23.2. The highest BCUT2D eigenvalue weighted by molar-refractivity contribution is 5.13. The molecule has 3 N–H and O–H groups in total. The van der Waals surface area contributed by atoms with E-state index < -0.39 is 0 Å². The summed E-state index contributed by atoms with van der Waals surface area (Å²) in [6.45, 7) is 5.94. The first-order valence-electron chi connectivity index (χ1n) is 7.15. The molecule has 2 rings (SSSR count). The Kier molecular flexibility index (Phi) is 4.60. The monoisotopic (exact) mass is 266 g/mol. The van der Waals surface area contributed by atoms with Gasteiger partial charge in [-0.2, -0.15) is 5.10 Å². The Labute approximate surface area is 115 Å². The van der Waals surface area contributed by atoms with Crippen LogP contribution in [0.5, 0.6) is 0 Å². The summed E-state index contributed by atoms with van der Waals surface area (Å²) in [5.41, 5.74) is 7.36. The van der Waals surface area contributed by atoms with Gasteiger partial charge in [0.15, 0.2) is 0 Å². The molecule has 0 saturated carbocycles. The van der Waals surface area contributed by atoms with Crippen molar-refractivity contribution in [2.45, 2.75) is 44.9 Å². The molecule has 1 aliphatic rings. The first-order valence-corrected chi connectivity index (χ1v) is 7.15. The molecule has 3 atom stereocenters. The predicted octanol–water partition coefficient (Wildman–Crippen LogP) is 0.901. The van der Waals surface area contributed by atoms with E-state index in [-0.39, 0.29) is 18.2 Å². The van der Waals surface area contributed by atoms with Crippen molar-refractivity contribution in [3.63, 3.8) is 0 Å². The van der Waals surface area contributed by atoms with E-state index in [9.17, 15) is 5.11 Å². The Hall–Kier alpha value is -0.910. The number of aromatic nitrogens is 2. The Morgan fingerprint density at radius 1 is 1.37 bits per heavy atom. The van der Waals surface area contributed by atoms with Crippen LogP contribution in [0.3, 0.4) is 0 Å². The largest absolute Gasteiger partial charge is 0.393 e. The molecule has 1 aromatic heterocycles. The molecular formula is C14H26N4O. The van der Waals surface area contributed by atoms with Crippen LogP contribution < -0.4 is 5.73 Å². The average Bonchev–Trinajstić information content (AvgIpc) is 2.76. The summed E-state index contributed by atoms with van der Waals surface area (Å²) >= 11 is 0. The van der Waals surface area contributed by atoms with Gasteiger partial charge in [0, 0.05) is 24.8 Å². The molecule has 1 fully saturated rings. The van der Waals surface area contributed by atoms with Crippen LogP contribution in [0, 0.1) is 5.92 Å². The fourth-order valence-electron chi connectivity index (χ4n) is 3.12. The van der Waals surface area contributed by atoms with Crippen LogP contribution in [0.2, 0.25) is 0 Å². The molecule has 0 aliphatic carbocycles. The molecular weight excluding hydrogens is 240 g/mol. The van der Waals surface area contributed by atoms with Gasteiger partial charge in [0.25, 0.3) is 0 Å². The van der Waals surface area contributed by atoms with E-state index in [0.717, 1.165) is 25.9 Å². The third-order valence-electron chi connectivity index (χ3n) is 4.21. The second-order valence-electron chi connectivity index (χ2n) is 5.87. The Morgan fingerprint density at radius 3 is 2.42 bits per heavy atom. The van der Waals surface area contributed by atoms with Gasteiger partial charge in [-0.05, 0) is 45.7 Å². The van der Waals surface area contributed by atoms with Gasteiger partial charge < -0.3 is 10.8 Å². The van der Waals surface area contributed by atoms with E-state index in [4.69, 9.17) is 5.73 Å². The third kappa shape index (κ3) is 3.35. The number of rotatable bonds is 4. The van der Waals surface area contributed by atoms with Crippen LogP contribution >= 0.6 is 0 Å². The van der Waals surface area contributed by atoms with Gasteiger partial charge >= 0.3 is 0 Å². The smallest absolute Gasteiger partial charge is 0.0541 e. The molecule has 5 nitrogen and oxygen atoms in total. The van der Waals surface area contributed by atoms with Crippen molar-refractivity contribution < 1.29 is 5.11 Å². The van der Waals surface area contributed by atoms with Crippen molar-refractivity contribution in [1.82, 2.24) is 14.7 Å². The molecule has 19 heavy (non-hydrogen) atoms. The first kappa shape index (κ1) is 14.5. The standard InChI is InChI=1S/C14H26N4O/c1-10(15)14(13-8-16-17(3)9-13)18-6-4-12(5-7-18)11(2)19/h8-12,14,19H,4-7,15H2,1-3H3. The summed E-state index contributed by atoms with van der Waals surface area (Å²) in [5.74, 6) is 0.430. The maximum absolute atomic E-state index is 9.68. The summed E-state index contributed by atoms with van der Waals surface area (Å²) in [6.07, 6.45) is 5.85. The van der Waals surface area contributed by atoms with Crippen LogP contribution in [0.4, 0.5) is 0 Å². The van der Waals surface area contributed by atoms with Crippen LogP contribution in [0.1, 0.15) is 38.3 Å². The van der Waals surface area contributed by atoms with Crippen molar-refractivity contribution in [2.24, 2.45) is 18.7 Å². The lowest BCUT2D eigenvalue weighted by Crippen LogP contribution is -2.44. The number of nitrogens with zero attached hydrogens (tertiary/aromatic N) is 3. The summed E-state index contributed by atoms with van der Waals surface area (Å²) in [5, 5.41) is 13.9. The minimum atomic E-state index is -0.200. The lowest BCUT2D eigenvalue weighted by molar-refractivity contribution is 0.0511. The van der Waals surface area contributed by atoms with Gasteiger partial charge in [-0.15, -0.1) is 0 Å². The third-order valence-corrected chi connectivity index (χ3v) is 4.21. The minimum Gasteiger partial charge on any atom is -0.393 e. The Morgan fingerprint density at radius 2 is 2.00 bits per heavy atom. The van der Waals surface area contributed by atoms with Gasteiger partial charge in [-0.25, -0.2) is 0 Å². The molecule has 2 heterocycles. The van der Waals surface area contributed by atoms with E-state index in [0.29, 0.717) is 5.92 Å². The zero-order valence-electron chi connectivity index (χ0n) is 12.2. The average molecular weight is 266 g/mol. The molecule has 0 radical (unpaired) electrons. The lowest BCUT2D eigenvalue weighted by atomic mass is 9.90. The lowest BCUT2D eigenvalue weighted by Gasteiger charge is -2.39. The number of piperidine rings is 1. The van der Waals surface area contributed by atoms with Crippen molar-refractivity contribution in [3.8, 4) is 0 Å². The zero-order valence-corrected chi connectivity index (χ0v) is 12.2. The van der Waals surface area contributed by atoms with E-state index in [1.807, 2.05) is 24.9 Å². The summed E-state index contributed by atoms with van der Waals surface area (Å²) in [6, 6.07) is 0.302. The van der Waals surface area contributed by atoms with E-state index >= 15 is 0 Å². The second-order valence-corrected chi connectivity index (χ2v) is 5.87. The molecule has 0 amide bonds. The van der Waals surface area contributed by atoms with Crippen LogP contribution in [0.15, 0.2) is 12.4 Å². The molecule has 5 heteroatoms. The highest BCUT2D eigenvalue weighted by atomic mass is 16.3. The molecule has 1 aromatic rings. The number of nitrogens with two attached hydrogens (primary N) is 1. The van der Waals surface area contributed by atoms with E-state index in [1.54, 1.807) is 0 Å². The van der Waals surface area contributed by atoms with Crippen LogP contribution in [-0.2, 0) is 7.05 Å². The molecule has 1 saturated heterocycles. The number of likely N-dealkylation sites (tertiary alicyclic amines) is 1. The van der Waals surface area contributed by atoms with Crippen molar-refractivity contribution in [1.29, 1.82) is 0 Å². The molecule has 0 bridgehead atoms. The minimum absolute atomic E-state index is 0.0762. The van der Waals surface area contributed by atoms with Gasteiger partial charge in [-0.3, -0.25) is 9.58 Å². The van der Waals surface area contributed by atoms with Crippen LogP contribution in [0.25, 0.3) is 0 Å². The van der Waals surface area contributed by atoms with Gasteiger partial charge in [0.05, 0.1) is 18.3 Å². The highest BCUT2D eigenvalue weighted by Crippen LogP contribution is 2.29. The molecule has 0 spiro atoms. The fourth-order valence-corrected chi connectivity index (χ4v) is 3.12. The zero-order chi connectivity index (χ0) is 14.0. The highest BCUT2D eigenvalue weighted by Gasteiger charge is 2.30. The summed E-state index contributed by atoms with van der Waals surface area (Å²) in [7, 11) is 1.93. The maximum atomic E-state index is 9.68. The summed E-state index contributed by atoms with van der Waals surface area (Å²) < 4.78 is 1.83. The van der Waals surface area contributed by atoms with Gasteiger partial charge in [0.1, 0.15) is 0 Å². The molecule has 108 valence electrons. The molecule has 0 aromatic carbocycles. The number of hydrogen-bond donors (Lipinski definition) is 2. The quantitative estimate of drug-likeness (QED) is 0.850. The van der Waals surface area contributed by atoms with Crippen molar-refractivity contribution in [3.05, 3.63) is 18.0 Å². The topological polar surface area (TPSA) is 67.3 Å². The predicted molar refractivity (Wildman–Crippen MR) is 75.6 cm³/mol. The second kappa shape index (κ2) is 6.03. The SMILES string of the molecule is CC(N)C(c1cnn(C)c1)N1CCC(C(C)O)CC1. The van der Waals surface area contributed by atoms with E-state index in [2.05, 4.69) is 23.1 Å². The molecule has 3 unspecified atom stereocenters. The van der Waals surface area contributed by atoms with Crippen molar-refractivity contribution in [2.75, 3.05) is 13.1 Å². The number of aryl methyl sites for hydroxylation is 1. The number of aliphatic hydroxyl groups is 1. The molecule has 1 aliphatic heterocycles. The van der Waals surface area contributed by atoms with Crippen molar-refractivity contribution >= 4 is 0 Å². The number of hydrogen-bond acceptors (Lipinski definition) is 4. The van der Waals surface area contributed by atoms with Gasteiger partial charge in [-0.1, -0.05) is 0 Å². The van der Waals surface area contributed by atoms with Crippen LogP contribution in [-0.4, -0.2) is 45.0 Å². The van der Waals surface area contributed by atoms with Gasteiger partial charge in [0.2, 0.25) is 0 Å². The Balaban J connectivity index is 2.05.